The summed E-state index contributed by atoms with van der Waals surface area (Å²) in [6.07, 6.45) is -2.05. The quantitative estimate of drug-likeness (QED) is 0.407. The van der Waals surface area contributed by atoms with Crippen molar-refractivity contribution in [2.45, 2.75) is 19.6 Å². The van der Waals surface area contributed by atoms with Crippen molar-refractivity contribution in [2.75, 3.05) is 14.2 Å². The first-order valence-electron chi connectivity index (χ1n) is 9.22. The molecule has 0 radical (unpaired) electrons. The van der Waals surface area contributed by atoms with Crippen LogP contribution in [0.4, 0.5) is 17.6 Å². The number of hydrogen-bond acceptors (Lipinski definition) is 4. The van der Waals surface area contributed by atoms with Gasteiger partial charge in [-0.15, -0.1) is 0 Å². The molecule has 0 aliphatic heterocycles. The van der Waals surface area contributed by atoms with Gasteiger partial charge in [0, 0.05) is 11.6 Å². The third kappa shape index (κ3) is 4.44. The molecule has 1 unspecified atom stereocenters. The first-order chi connectivity index (χ1) is 14.8. The van der Waals surface area contributed by atoms with Gasteiger partial charge >= 0.3 is 0 Å². The molecule has 0 heterocycles. The molecule has 0 spiro atoms. The van der Waals surface area contributed by atoms with E-state index in [1.807, 2.05) is 6.92 Å². The molecular formula is C23H20F4O4. The Morgan fingerprint density at radius 2 is 1.45 bits per heavy atom. The maximum atomic E-state index is 14.7. The number of hydrogen-bond donors (Lipinski definition) is 1. The summed E-state index contributed by atoms with van der Waals surface area (Å²) in [4.78, 5) is 0. The summed E-state index contributed by atoms with van der Waals surface area (Å²) in [6, 6.07) is 10.9. The molecule has 1 atom stereocenters. The second-order valence-corrected chi connectivity index (χ2v) is 6.78. The van der Waals surface area contributed by atoms with E-state index in [-0.39, 0.29) is 17.9 Å². The number of rotatable bonds is 7. The third-order valence-corrected chi connectivity index (χ3v) is 4.77. The highest BCUT2D eigenvalue weighted by atomic mass is 19.2. The highest BCUT2D eigenvalue weighted by molar-refractivity contribution is 5.47. The zero-order valence-electron chi connectivity index (χ0n) is 17.0. The van der Waals surface area contributed by atoms with E-state index < -0.39 is 40.7 Å². The molecule has 1 N–H and O–H groups in total. The second kappa shape index (κ2) is 9.26. The summed E-state index contributed by atoms with van der Waals surface area (Å²) in [5.74, 6) is -7.84. The average molecular weight is 436 g/mol. The molecule has 0 saturated carbocycles. The van der Waals surface area contributed by atoms with Crippen molar-refractivity contribution in [2.24, 2.45) is 0 Å². The van der Waals surface area contributed by atoms with Crippen LogP contribution in [-0.2, 0) is 6.61 Å². The largest absolute Gasteiger partial charge is 0.497 e. The molecule has 164 valence electrons. The number of ether oxygens (including phenoxy) is 3. The molecule has 3 aromatic carbocycles. The number of aliphatic hydroxyl groups is 1. The zero-order chi connectivity index (χ0) is 22.7. The van der Waals surface area contributed by atoms with Gasteiger partial charge in [-0.2, -0.15) is 8.78 Å². The molecule has 0 aliphatic rings. The van der Waals surface area contributed by atoms with Gasteiger partial charge in [-0.05, 0) is 24.6 Å². The second-order valence-electron chi connectivity index (χ2n) is 6.78. The molecule has 0 saturated heterocycles. The number of methoxy groups -OCH3 is 2. The van der Waals surface area contributed by atoms with Crippen LogP contribution < -0.4 is 14.2 Å². The molecular weight excluding hydrogens is 416 g/mol. The van der Waals surface area contributed by atoms with Crippen LogP contribution in [-0.4, -0.2) is 19.3 Å². The predicted molar refractivity (Wildman–Crippen MR) is 105 cm³/mol. The molecule has 4 nitrogen and oxygen atoms in total. The smallest absolute Gasteiger partial charge is 0.204 e. The minimum atomic E-state index is -2.05. The van der Waals surface area contributed by atoms with Crippen LogP contribution in [0.1, 0.15) is 28.4 Å². The van der Waals surface area contributed by atoms with E-state index in [0.29, 0.717) is 11.3 Å². The van der Waals surface area contributed by atoms with Gasteiger partial charge in [0.1, 0.15) is 24.2 Å². The Morgan fingerprint density at radius 3 is 2.00 bits per heavy atom. The number of aliphatic hydroxyl groups excluding tert-OH is 1. The van der Waals surface area contributed by atoms with Gasteiger partial charge in [0.05, 0.1) is 19.8 Å². The molecule has 0 aliphatic carbocycles. The van der Waals surface area contributed by atoms with Crippen LogP contribution in [0.5, 0.6) is 17.2 Å². The van der Waals surface area contributed by atoms with E-state index in [2.05, 4.69) is 0 Å². The minimum Gasteiger partial charge on any atom is -0.497 e. The third-order valence-electron chi connectivity index (χ3n) is 4.77. The lowest BCUT2D eigenvalue weighted by Gasteiger charge is -2.19. The zero-order valence-corrected chi connectivity index (χ0v) is 17.0. The minimum absolute atomic E-state index is 0.0196. The van der Waals surface area contributed by atoms with Crippen LogP contribution in [0.3, 0.4) is 0 Å². The van der Waals surface area contributed by atoms with E-state index in [1.54, 1.807) is 24.3 Å². The maximum absolute atomic E-state index is 14.7. The molecule has 8 heteroatoms. The lowest BCUT2D eigenvalue weighted by atomic mass is 9.98. The summed E-state index contributed by atoms with van der Waals surface area (Å²) < 4.78 is 73.7. The summed E-state index contributed by atoms with van der Waals surface area (Å²) >= 11 is 0. The molecule has 0 aromatic heterocycles. The summed E-state index contributed by atoms with van der Waals surface area (Å²) in [5, 5.41) is 10.5. The van der Waals surface area contributed by atoms with Gasteiger partial charge < -0.3 is 19.3 Å². The first kappa shape index (κ1) is 22.4. The van der Waals surface area contributed by atoms with Gasteiger partial charge in [-0.1, -0.05) is 29.8 Å². The van der Waals surface area contributed by atoms with Crippen molar-refractivity contribution < 1.29 is 36.9 Å². The fraction of sp³-hybridized carbons (Fsp3) is 0.217. The van der Waals surface area contributed by atoms with Gasteiger partial charge in [-0.25, -0.2) is 8.78 Å². The predicted octanol–water partition coefficient (Wildman–Crippen LogP) is 5.23. The van der Waals surface area contributed by atoms with E-state index in [9.17, 15) is 22.7 Å². The standard InChI is InChI=1S/C23H20F4O4/c1-12-4-6-13(7-5-12)11-31-23-20(26)18(24)17(19(25)21(23)27)22(28)15-9-8-14(29-2)10-16(15)30-3/h4-10,22,28H,11H2,1-3H3. The highest BCUT2D eigenvalue weighted by Crippen LogP contribution is 2.39. The van der Waals surface area contributed by atoms with Gasteiger partial charge in [0.2, 0.25) is 11.6 Å². The molecule has 0 amide bonds. The van der Waals surface area contributed by atoms with Crippen molar-refractivity contribution in [1.82, 2.24) is 0 Å². The van der Waals surface area contributed by atoms with E-state index >= 15 is 0 Å². The Kier molecular flexibility index (Phi) is 6.70. The van der Waals surface area contributed by atoms with Crippen LogP contribution in [0.15, 0.2) is 42.5 Å². The van der Waals surface area contributed by atoms with Crippen LogP contribution in [0.25, 0.3) is 0 Å². The fourth-order valence-electron chi connectivity index (χ4n) is 3.03. The molecule has 3 aromatic rings. The summed E-state index contributed by atoms with van der Waals surface area (Å²) in [7, 11) is 2.66. The topological polar surface area (TPSA) is 47.9 Å². The van der Waals surface area contributed by atoms with E-state index in [0.717, 1.165) is 5.56 Å². The van der Waals surface area contributed by atoms with Crippen molar-refractivity contribution >= 4 is 0 Å². The molecule has 3 rings (SSSR count). The number of halogens is 4. The first-order valence-corrected chi connectivity index (χ1v) is 9.22. The SMILES string of the molecule is COc1ccc(C(O)c2c(F)c(F)c(OCc3ccc(C)cc3)c(F)c2F)c(OC)c1. The Morgan fingerprint density at radius 1 is 0.839 bits per heavy atom. The van der Waals surface area contributed by atoms with Crippen molar-refractivity contribution in [1.29, 1.82) is 0 Å². The summed E-state index contributed by atoms with van der Waals surface area (Å²) in [5.41, 5.74) is 0.220. The molecule has 0 fully saturated rings. The highest BCUT2D eigenvalue weighted by Gasteiger charge is 2.32. The van der Waals surface area contributed by atoms with Gasteiger partial charge in [0.25, 0.3) is 0 Å². The Labute approximate surface area is 176 Å². The van der Waals surface area contributed by atoms with Crippen LogP contribution in [0, 0.1) is 30.2 Å². The van der Waals surface area contributed by atoms with Crippen molar-refractivity contribution in [3.63, 3.8) is 0 Å². The maximum Gasteiger partial charge on any atom is 0.204 e. The van der Waals surface area contributed by atoms with Crippen LogP contribution in [0.2, 0.25) is 0 Å². The van der Waals surface area contributed by atoms with Gasteiger partial charge in [-0.3, -0.25) is 0 Å². The van der Waals surface area contributed by atoms with Gasteiger partial charge in [0.15, 0.2) is 17.4 Å². The van der Waals surface area contributed by atoms with E-state index in [4.69, 9.17) is 14.2 Å². The Hall–Kier alpha value is -3.26. The van der Waals surface area contributed by atoms with Crippen molar-refractivity contribution in [3.05, 3.63) is 88.0 Å². The summed E-state index contributed by atoms with van der Waals surface area (Å²) in [6.45, 7) is 1.55. The van der Waals surface area contributed by atoms with E-state index in [1.165, 1.54) is 32.4 Å². The Balaban J connectivity index is 1.98. The van der Waals surface area contributed by atoms with Crippen LogP contribution >= 0.6 is 0 Å². The number of benzene rings is 3. The normalized spacial score (nSPS) is 11.9. The lowest BCUT2D eigenvalue weighted by Crippen LogP contribution is -2.13. The molecule has 0 bridgehead atoms. The Bertz CT molecular complexity index is 1050. The lowest BCUT2D eigenvalue weighted by molar-refractivity contribution is 0.195. The monoisotopic (exact) mass is 436 g/mol. The average Bonchev–Trinajstić information content (AvgIpc) is 2.78. The molecule has 31 heavy (non-hydrogen) atoms. The number of aryl methyl sites for hydroxylation is 1. The fourth-order valence-corrected chi connectivity index (χ4v) is 3.03. The van der Waals surface area contributed by atoms with Crippen molar-refractivity contribution in [3.8, 4) is 17.2 Å².